The van der Waals surface area contributed by atoms with Crippen molar-refractivity contribution < 1.29 is 9.90 Å². The number of aliphatic hydroxyl groups is 1. The molecule has 15 heavy (non-hydrogen) atoms. The van der Waals surface area contributed by atoms with Gasteiger partial charge in [-0.1, -0.05) is 22.0 Å². The molecule has 1 amide bonds. The van der Waals surface area contributed by atoms with Crippen LogP contribution in [0.2, 0.25) is 0 Å². The van der Waals surface area contributed by atoms with Crippen LogP contribution in [-0.4, -0.2) is 22.1 Å². The Labute approximate surface area is 100 Å². The Balaban J connectivity index is 2.32. The largest absolute Gasteiger partial charge is 0.388 e. The van der Waals surface area contributed by atoms with E-state index in [4.69, 9.17) is 0 Å². The van der Waals surface area contributed by atoms with Crippen LogP contribution in [-0.2, 0) is 4.79 Å². The minimum atomic E-state index is -0.529. The van der Waals surface area contributed by atoms with Gasteiger partial charge in [-0.3, -0.25) is 4.79 Å². The number of nitrogens with one attached hydrogen (secondary N) is 1. The number of hydrogen-bond donors (Lipinski definition) is 2. The van der Waals surface area contributed by atoms with Gasteiger partial charge in [-0.25, -0.2) is 0 Å². The standard InChI is InChI=1S/C10H10BrNO2S/c11-4-8(13)6-1-2-9-7(3-6)12-10(14)5-15-9/h1-3,8,13H,4-5H2,(H,12,14). The van der Waals surface area contributed by atoms with Gasteiger partial charge < -0.3 is 10.4 Å². The van der Waals surface area contributed by atoms with Crippen LogP contribution in [0.25, 0.3) is 0 Å². The van der Waals surface area contributed by atoms with Crippen molar-refractivity contribution in [3.63, 3.8) is 0 Å². The molecule has 0 aliphatic carbocycles. The summed E-state index contributed by atoms with van der Waals surface area (Å²) in [6, 6.07) is 5.64. The molecule has 2 N–H and O–H groups in total. The normalized spacial score (nSPS) is 16.8. The van der Waals surface area contributed by atoms with Gasteiger partial charge in [0.15, 0.2) is 0 Å². The molecule has 1 aromatic carbocycles. The molecule has 0 spiro atoms. The zero-order valence-electron chi connectivity index (χ0n) is 7.87. The molecule has 0 saturated carbocycles. The Hall–Kier alpha value is -0.520. The average Bonchev–Trinajstić information content (AvgIpc) is 2.27. The predicted octanol–water partition coefficient (Wildman–Crippen LogP) is 2.16. The SMILES string of the molecule is O=C1CSc2ccc(C(O)CBr)cc2N1. The van der Waals surface area contributed by atoms with E-state index >= 15 is 0 Å². The molecule has 0 aromatic heterocycles. The number of rotatable bonds is 2. The van der Waals surface area contributed by atoms with Gasteiger partial charge in [0.1, 0.15) is 0 Å². The van der Waals surface area contributed by atoms with E-state index in [1.807, 2.05) is 18.2 Å². The lowest BCUT2D eigenvalue weighted by atomic mass is 10.1. The van der Waals surface area contributed by atoms with Crippen molar-refractivity contribution in [2.24, 2.45) is 0 Å². The van der Waals surface area contributed by atoms with E-state index in [9.17, 15) is 9.90 Å². The molecule has 1 aliphatic heterocycles. The maximum atomic E-state index is 11.2. The van der Waals surface area contributed by atoms with Crippen LogP contribution in [0.3, 0.4) is 0 Å². The van der Waals surface area contributed by atoms with Crippen molar-refractivity contribution in [1.29, 1.82) is 0 Å². The van der Waals surface area contributed by atoms with Crippen LogP contribution in [0.15, 0.2) is 23.1 Å². The van der Waals surface area contributed by atoms with E-state index in [0.717, 1.165) is 16.1 Å². The van der Waals surface area contributed by atoms with Gasteiger partial charge in [0.25, 0.3) is 0 Å². The number of alkyl halides is 1. The second kappa shape index (κ2) is 4.55. The van der Waals surface area contributed by atoms with Crippen LogP contribution in [0, 0.1) is 0 Å². The lowest BCUT2D eigenvalue weighted by molar-refractivity contribution is -0.113. The van der Waals surface area contributed by atoms with Crippen LogP contribution in [0.1, 0.15) is 11.7 Å². The fourth-order valence-electron chi connectivity index (χ4n) is 1.40. The third kappa shape index (κ3) is 2.35. The summed E-state index contributed by atoms with van der Waals surface area (Å²) in [7, 11) is 0. The quantitative estimate of drug-likeness (QED) is 0.820. The topological polar surface area (TPSA) is 49.3 Å². The zero-order valence-corrected chi connectivity index (χ0v) is 10.3. The average molecular weight is 288 g/mol. The highest BCUT2D eigenvalue weighted by Crippen LogP contribution is 2.33. The van der Waals surface area contributed by atoms with Crippen LogP contribution < -0.4 is 5.32 Å². The van der Waals surface area contributed by atoms with Crippen molar-refractivity contribution in [3.05, 3.63) is 23.8 Å². The van der Waals surface area contributed by atoms with E-state index in [1.165, 1.54) is 11.8 Å². The first-order valence-electron chi connectivity index (χ1n) is 4.51. The maximum Gasteiger partial charge on any atom is 0.234 e. The molecule has 0 fully saturated rings. The van der Waals surface area contributed by atoms with Crippen LogP contribution >= 0.6 is 27.7 Å². The first kappa shape index (κ1) is 11.0. The molecule has 80 valence electrons. The summed E-state index contributed by atoms with van der Waals surface area (Å²) >= 11 is 4.74. The fraction of sp³-hybridized carbons (Fsp3) is 0.300. The Bertz CT molecular complexity index is 397. The molecule has 1 unspecified atom stereocenters. The van der Waals surface area contributed by atoms with Crippen molar-refractivity contribution in [2.45, 2.75) is 11.0 Å². The van der Waals surface area contributed by atoms with Gasteiger partial charge in [0, 0.05) is 10.2 Å². The van der Waals surface area contributed by atoms with Gasteiger partial charge in [-0.15, -0.1) is 11.8 Å². The third-order valence-corrected chi connectivity index (χ3v) is 3.85. The van der Waals surface area contributed by atoms with Gasteiger partial charge in [-0.05, 0) is 17.7 Å². The molecule has 1 aliphatic rings. The highest BCUT2D eigenvalue weighted by Gasteiger charge is 2.16. The number of carbonyl (C=O) groups excluding carboxylic acids is 1. The van der Waals surface area contributed by atoms with Crippen LogP contribution in [0.4, 0.5) is 5.69 Å². The van der Waals surface area contributed by atoms with Crippen LogP contribution in [0.5, 0.6) is 0 Å². The number of fused-ring (bicyclic) bond motifs is 1. The summed E-state index contributed by atoms with van der Waals surface area (Å²) in [5, 5.41) is 12.9. The summed E-state index contributed by atoms with van der Waals surface area (Å²) in [6.45, 7) is 0. The third-order valence-electron chi connectivity index (χ3n) is 2.17. The molecule has 0 radical (unpaired) electrons. The van der Waals surface area contributed by atoms with Crippen molar-refractivity contribution >= 4 is 39.3 Å². The predicted molar refractivity (Wildman–Crippen MR) is 64.5 cm³/mol. The number of amides is 1. The van der Waals surface area contributed by atoms with E-state index in [2.05, 4.69) is 21.2 Å². The Morgan fingerprint density at radius 3 is 3.13 bits per heavy atom. The van der Waals surface area contributed by atoms with Gasteiger partial charge in [0.2, 0.25) is 5.91 Å². The fourth-order valence-corrected chi connectivity index (χ4v) is 2.56. The van der Waals surface area contributed by atoms with E-state index in [-0.39, 0.29) is 5.91 Å². The second-order valence-corrected chi connectivity index (χ2v) is 4.93. The number of benzene rings is 1. The van der Waals surface area contributed by atoms with Gasteiger partial charge in [0.05, 0.1) is 17.5 Å². The highest BCUT2D eigenvalue weighted by atomic mass is 79.9. The van der Waals surface area contributed by atoms with Gasteiger partial charge in [-0.2, -0.15) is 0 Å². The summed E-state index contributed by atoms with van der Waals surface area (Å²) in [4.78, 5) is 12.2. The van der Waals surface area contributed by atoms with E-state index in [0.29, 0.717) is 11.1 Å². The number of anilines is 1. The molecule has 0 saturated heterocycles. The summed E-state index contributed by atoms with van der Waals surface area (Å²) in [6.07, 6.45) is -0.529. The Morgan fingerprint density at radius 1 is 1.60 bits per heavy atom. The van der Waals surface area contributed by atoms with Crippen molar-refractivity contribution in [1.82, 2.24) is 0 Å². The number of carbonyl (C=O) groups is 1. The molecule has 1 heterocycles. The van der Waals surface area contributed by atoms with Gasteiger partial charge >= 0.3 is 0 Å². The molecule has 1 aromatic rings. The smallest absolute Gasteiger partial charge is 0.234 e. The summed E-state index contributed by atoms with van der Waals surface area (Å²) in [5.74, 6) is 0.478. The molecule has 2 rings (SSSR count). The number of hydrogen-bond acceptors (Lipinski definition) is 3. The summed E-state index contributed by atoms with van der Waals surface area (Å²) < 4.78 is 0. The first-order chi connectivity index (χ1) is 7.20. The highest BCUT2D eigenvalue weighted by molar-refractivity contribution is 9.09. The molecule has 5 heteroatoms. The Kier molecular flexibility index (Phi) is 3.33. The van der Waals surface area contributed by atoms with E-state index < -0.39 is 6.10 Å². The van der Waals surface area contributed by atoms with Crippen molar-refractivity contribution in [2.75, 3.05) is 16.4 Å². The minimum absolute atomic E-state index is 0.0120. The number of halogens is 1. The Morgan fingerprint density at radius 2 is 2.40 bits per heavy atom. The zero-order chi connectivity index (χ0) is 10.8. The summed E-state index contributed by atoms with van der Waals surface area (Å²) in [5.41, 5.74) is 1.61. The molecule has 3 nitrogen and oxygen atoms in total. The second-order valence-electron chi connectivity index (χ2n) is 3.26. The number of aliphatic hydroxyl groups excluding tert-OH is 1. The molecule has 1 atom stereocenters. The maximum absolute atomic E-state index is 11.2. The molecular weight excluding hydrogens is 278 g/mol. The molecular formula is C10H10BrNO2S. The van der Waals surface area contributed by atoms with E-state index in [1.54, 1.807) is 0 Å². The minimum Gasteiger partial charge on any atom is -0.388 e. The monoisotopic (exact) mass is 287 g/mol. The lowest BCUT2D eigenvalue weighted by Crippen LogP contribution is -2.18. The molecule has 0 bridgehead atoms. The first-order valence-corrected chi connectivity index (χ1v) is 6.62. The number of thioether (sulfide) groups is 1. The lowest BCUT2D eigenvalue weighted by Gasteiger charge is -2.18. The van der Waals surface area contributed by atoms with Crippen molar-refractivity contribution in [3.8, 4) is 0 Å².